The van der Waals surface area contributed by atoms with E-state index in [9.17, 15) is 9.90 Å². The second-order valence-corrected chi connectivity index (χ2v) is 14.9. The molecule has 1 fully saturated rings. The van der Waals surface area contributed by atoms with Crippen molar-refractivity contribution in [2.24, 2.45) is 0 Å². The van der Waals surface area contributed by atoms with Crippen LogP contribution < -0.4 is 10.2 Å². The van der Waals surface area contributed by atoms with Gasteiger partial charge in [0, 0.05) is 0 Å². The van der Waals surface area contributed by atoms with Crippen LogP contribution in [-0.4, -0.2) is 50.4 Å². The van der Waals surface area contributed by atoms with E-state index in [-0.39, 0.29) is 11.6 Å². The van der Waals surface area contributed by atoms with Gasteiger partial charge in [-0.25, -0.2) is 4.79 Å². The van der Waals surface area contributed by atoms with Gasteiger partial charge < -0.3 is 23.6 Å². The third-order valence-corrected chi connectivity index (χ3v) is 10.8. The lowest BCUT2D eigenvalue weighted by Crippen LogP contribution is -2.47. The van der Waals surface area contributed by atoms with Crippen molar-refractivity contribution in [1.82, 2.24) is 0 Å². The number of carboxylic acids is 1. The lowest BCUT2D eigenvalue weighted by molar-refractivity contribution is -0.147. The van der Waals surface area contributed by atoms with Crippen LogP contribution in [0.1, 0.15) is 48.5 Å². The fourth-order valence-electron chi connectivity index (χ4n) is 2.56. The van der Waals surface area contributed by atoms with E-state index in [0.717, 1.165) is 5.46 Å². The Hall–Kier alpha value is -1.35. The van der Waals surface area contributed by atoms with Gasteiger partial charge in [0.2, 0.25) is 0 Å². The van der Waals surface area contributed by atoms with E-state index in [1.54, 1.807) is 12.1 Å². The zero-order valence-corrected chi connectivity index (χ0v) is 20.2. The Morgan fingerprint density at radius 2 is 1.59 bits per heavy atom. The van der Waals surface area contributed by atoms with Gasteiger partial charge in [-0.1, -0.05) is 32.9 Å². The van der Waals surface area contributed by atoms with Gasteiger partial charge in [0.05, 0.1) is 11.2 Å². The summed E-state index contributed by atoms with van der Waals surface area (Å²) in [5.74, 6) is -0.431. The molecule has 1 unspecified atom stereocenters. The number of carbonyl (C=O) groups is 1. The molecule has 0 spiro atoms. The minimum atomic E-state index is -2.22. The van der Waals surface area contributed by atoms with Crippen molar-refractivity contribution in [2.45, 2.75) is 83.9 Å². The van der Waals surface area contributed by atoms with Crippen molar-refractivity contribution in [2.75, 3.05) is 6.61 Å². The highest BCUT2D eigenvalue weighted by Crippen LogP contribution is 2.38. The van der Waals surface area contributed by atoms with Crippen LogP contribution in [0.25, 0.3) is 0 Å². The molecule has 29 heavy (non-hydrogen) atoms. The van der Waals surface area contributed by atoms with Gasteiger partial charge in [-0.3, -0.25) is 0 Å². The summed E-state index contributed by atoms with van der Waals surface area (Å²) >= 11 is 0. The number of rotatable bonds is 7. The van der Waals surface area contributed by atoms with E-state index in [4.69, 9.17) is 18.5 Å². The molecule has 1 N–H and O–H groups in total. The van der Waals surface area contributed by atoms with Crippen molar-refractivity contribution >= 4 is 26.9 Å². The molecule has 1 saturated heterocycles. The van der Waals surface area contributed by atoms with Crippen molar-refractivity contribution in [3.05, 3.63) is 24.3 Å². The molecule has 0 bridgehead atoms. The largest absolute Gasteiger partial charge is 0.494 e. The van der Waals surface area contributed by atoms with Gasteiger partial charge in [0.25, 0.3) is 0 Å². The SMILES string of the molecule is CC1(C)OB(c2ccc(OCC(O[Si](C)(C)C(C)(C)C)C(=O)O)cc2)OC1(C)C. The molecule has 1 heterocycles. The van der Waals surface area contributed by atoms with Gasteiger partial charge in [0.15, 0.2) is 14.4 Å². The van der Waals surface area contributed by atoms with E-state index in [1.807, 2.05) is 52.9 Å². The molecule has 0 aromatic heterocycles. The third kappa shape index (κ3) is 5.42. The maximum atomic E-state index is 11.7. The summed E-state index contributed by atoms with van der Waals surface area (Å²) in [6.45, 7) is 18.3. The summed E-state index contributed by atoms with van der Waals surface area (Å²) in [6, 6.07) is 7.35. The highest BCUT2D eigenvalue weighted by Gasteiger charge is 2.51. The summed E-state index contributed by atoms with van der Waals surface area (Å²) in [7, 11) is -2.66. The first-order valence-electron chi connectivity index (χ1n) is 10.0. The monoisotopic (exact) mass is 422 g/mol. The molecule has 0 radical (unpaired) electrons. The molecule has 2 rings (SSSR count). The highest BCUT2D eigenvalue weighted by atomic mass is 28.4. The lowest BCUT2D eigenvalue weighted by Gasteiger charge is -2.38. The second-order valence-electron chi connectivity index (χ2n) is 10.2. The van der Waals surface area contributed by atoms with Gasteiger partial charge in [-0.2, -0.15) is 0 Å². The zero-order valence-electron chi connectivity index (χ0n) is 19.2. The molecule has 0 amide bonds. The Labute approximate surface area is 176 Å². The maximum absolute atomic E-state index is 11.7. The molecule has 0 aliphatic carbocycles. The normalized spacial score (nSPS) is 19.8. The molecular formula is C21H35BO6Si. The van der Waals surface area contributed by atoms with Crippen LogP contribution in [0.2, 0.25) is 18.1 Å². The second kappa shape index (κ2) is 8.06. The van der Waals surface area contributed by atoms with Crippen molar-refractivity contribution < 1.29 is 28.4 Å². The van der Waals surface area contributed by atoms with Crippen LogP contribution in [0.4, 0.5) is 0 Å². The summed E-state index contributed by atoms with van der Waals surface area (Å²) in [5, 5.41) is 9.47. The topological polar surface area (TPSA) is 74.2 Å². The van der Waals surface area contributed by atoms with Crippen LogP contribution >= 0.6 is 0 Å². The Morgan fingerprint density at radius 1 is 1.10 bits per heavy atom. The molecular weight excluding hydrogens is 387 g/mol. The predicted molar refractivity (Wildman–Crippen MR) is 117 cm³/mol. The fraction of sp³-hybridized carbons (Fsp3) is 0.667. The van der Waals surface area contributed by atoms with E-state index in [1.165, 1.54) is 0 Å². The van der Waals surface area contributed by atoms with Crippen molar-refractivity contribution in [3.8, 4) is 5.75 Å². The summed E-state index contributed by atoms with van der Waals surface area (Å²) in [6.07, 6.45) is -1.00. The van der Waals surface area contributed by atoms with E-state index >= 15 is 0 Å². The number of hydrogen-bond donors (Lipinski definition) is 1. The van der Waals surface area contributed by atoms with Gasteiger partial charge >= 0.3 is 13.1 Å². The maximum Gasteiger partial charge on any atom is 0.494 e. The number of hydrogen-bond acceptors (Lipinski definition) is 5. The molecule has 6 nitrogen and oxygen atoms in total. The smallest absolute Gasteiger partial charge is 0.490 e. The van der Waals surface area contributed by atoms with Crippen LogP contribution in [0, 0.1) is 0 Å². The van der Waals surface area contributed by atoms with E-state index in [0.29, 0.717) is 5.75 Å². The molecule has 1 aromatic rings. The molecule has 1 aliphatic heterocycles. The quantitative estimate of drug-likeness (QED) is 0.673. The molecule has 162 valence electrons. The number of ether oxygens (including phenoxy) is 1. The average molecular weight is 422 g/mol. The molecule has 1 aliphatic rings. The molecule has 8 heteroatoms. The lowest BCUT2D eigenvalue weighted by atomic mass is 9.79. The molecule has 1 aromatic carbocycles. The number of aliphatic carboxylic acids is 1. The molecule has 1 atom stereocenters. The predicted octanol–water partition coefficient (Wildman–Crippen LogP) is 3.84. The summed E-state index contributed by atoms with van der Waals surface area (Å²) in [4.78, 5) is 11.7. The minimum absolute atomic E-state index is 0.0440. The first-order valence-corrected chi connectivity index (χ1v) is 13.0. The fourth-order valence-corrected chi connectivity index (χ4v) is 3.79. The number of carboxylic acid groups (broad SMARTS) is 1. The van der Waals surface area contributed by atoms with Gasteiger partial charge in [-0.05, 0) is 63.4 Å². The van der Waals surface area contributed by atoms with Crippen molar-refractivity contribution in [3.63, 3.8) is 0 Å². The first-order chi connectivity index (χ1) is 13.1. The van der Waals surface area contributed by atoms with E-state index in [2.05, 4.69) is 20.8 Å². The Bertz CT molecular complexity index is 708. The summed E-state index contributed by atoms with van der Waals surface area (Å²) in [5.41, 5.74) is 0.0916. The molecule has 0 saturated carbocycles. The Balaban J connectivity index is 2.01. The van der Waals surface area contributed by atoms with Crippen LogP contribution in [0.15, 0.2) is 24.3 Å². The summed E-state index contributed by atoms with van der Waals surface area (Å²) < 4.78 is 23.8. The van der Waals surface area contributed by atoms with Gasteiger partial charge in [0.1, 0.15) is 12.4 Å². The highest BCUT2D eigenvalue weighted by molar-refractivity contribution is 6.74. The van der Waals surface area contributed by atoms with Crippen LogP contribution in [0.3, 0.4) is 0 Å². The Morgan fingerprint density at radius 3 is 2.00 bits per heavy atom. The van der Waals surface area contributed by atoms with Gasteiger partial charge in [-0.15, -0.1) is 0 Å². The van der Waals surface area contributed by atoms with Crippen LogP contribution in [0.5, 0.6) is 5.75 Å². The van der Waals surface area contributed by atoms with E-state index < -0.39 is 38.7 Å². The minimum Gasteiger partial charge on any atom is -0.490 e. The first kappa shape index (κ1) is 23.9. The van der Waals surface area contributed by atoms with Crippen molar-refractivity contribution in [1.29, 1.82) is 0 Å². The third-order valence-electron chi connectivity index (χ3n) is 6.33. The standard InChI is InChI=1S/C21H35BO6Si/c1-19(2,3)29(8,9)26-17(18(23)24)14-25-16-12-10-15(11-13-16)22-27-20(4,5)21(6,7)28-22/h10-13,17H,14H2,1-9H3,(H,23,24). The zero-order chi connectivity index (χ0) is 22.3. The Kier molecular flexibility index (Phi) is 6.65. The number of benzene rings is 1. The average Bonchev–Trinajstić information content (AvgIpc) is 2.78. The van der Waals surface area contributed by atoms with Crippen LogP contribution in [-0.2, 0) is 18.5 Å².